The van der Waals surface area contributed by atoms with Crippen LogP contribution in [0, 0.1) is 0 Å². The second kappa shape index (κ2) is 11.7. The average molecular weight is 450 g/mol. The van der Waals surface area contributed by atoms with Crippen molar-refractivity contribution < 1.29 is 14.3 Å². The number of anilines is 1. The molecule has 8 heteroatoms. The lowest BCUT2D eigenvalue weighted by atomic mass is 10.3. The molecule has 0 bridgehead atoms. The molecule has 2 aromatic carbocycles. The van der Waals surface area contributed by atoms with E-state index in [-0.39, 0.29) is 24.9 Å². The van der Waals surface area contributed by atoms with Crippen molar-refractivity contribution in [1.82, 2.24) is 9.88 Å². The third kappa shape index (κ3) is 6.08. The zero-order valence-electron chi connectivity index (χ0n) is 17.5. The van der Waals surface area contributed by atoms with E-state index >= 15 is 0 Å². The zero-order chi connectivity index (χ0) is 20.6. The van der Waals surface area contributed by atoms with Gasteiger partial charge in [0.05, 0.1) is 17.3 Å². The van der Waals surface area contributed by atoms with Crippen LogP contribution in [-0.2, 0) is 4.79 Å². The summed E-state index contributed by atoms with van der Waals surface area (Å²) in [5, 5.41) is 0.682. The summed E-state index contributed by atoms with van der Waals surface area (Å²) in [5.74, 6) is 1.35. The van der Waals surface area contributed by atoms with Gasteiger partial charge in [0.15, 0.2) is 11.7 Å². The highest BCUT2D eigenvalue weighted by Gasteiger charge is 2.21. The molecule has 6 nitrogen and oxygen atoms in total. The Kier molecular flexibility index (Phi) is 9.36. The molecular formula is C22H28ClN3O3S. The van der Waals surface area contributed by atoms with E-state index in [1.165, 1.54) is 11.3 Å². The van der Waals surface area contributed by atoms with E-state index in [9.17, 15) is 4.79 Å². The number of carbonyl (C=O) groups excluding carboxylic acids is 1. The molecule has 0 saturated heterocycles. The van der Waals surface area contributed by atoms with Crippen molar-refractivity contribution in [2.24, 2.45) is 0 Å². The van der Waals surface area contributed by atoms with Gasteiger partial charge >= 0.3 is 0 Å². The number of hydrogen-bond acceptors (Lipinski definition) is 6. The summed E-state index contributed by atoms with van der Waals surface area (Å²) in [6.45, 7) is 7.45. The van der Waals surface area contributed by atoms with Gasteiger partial charge in [-0.05, 0) is 43.4 Å². The highest BCUT2D eigenvalue weighted by molar-refractivity contribution is 7.22. The first-order valence-electron chi connectivity index (χ1n) is 9.79. The molecule has 3 rings (SSSR count). The van der Waals surface area contributed by atoms with Crippen LogP contribution in [0.4, 0.5) is 5.13 Å². The van der Waals surface area contributed by atoms with Gasteiger partial charge in [0.2, 0.25) is 0 Å². The maximum atomic E-state index is 13.0. The summed E-state index contributed by atoms with van der Waals surface area (Å²) < 4.78 is 12.0. The zero-order valence-corrected chi connectivity index (χ0v) is 19.2. The Morgan fingerprint density at radius 3 is 2.43 bits per heavy atom. The Morgan fingerprint density at radius 1 is 1.03 bits per heavy atom. The molecule has 0 radical (unpaired) electrons. The predicted molar refractivity (Wildman–Crippen MR) is 125 cm³/mol. The van der Waals surface area contributed by atoms with Gasteiger partial charge in [-0.25, -0.2) is 4.98 Å². The van der Waals surface area contributed by atoms with E-state index in [1.54, 1.807) is 12.0 Å². The van der Waals surface area contributed by atoms with Gasteiger partial charge in [0.1, 0.15) is 11.5 Å². The molecule has 3 aromatic rings. The molecule has 1 aromatic heterocycles. The number of ether oxygens (including phenoxy) is 2. The van der Waals surface area contributed by atoms with Gasteiger partial charge in [-0.15, -0.1) is 12.4 Å². The SMILES string of the molecule is CCN(CC)CCN(C(=O)COc1ccccc1)c1nc2ccc(OC)cc2s1.Cl. The minimum atomic E-state index is -0.105. The average Bonchev–Trinajstić information content (AvgIpc) is 3.18. The van der Waals surface area contributed by atoms with Crippen LogP contribution in [-0.4, -0.2) is 55.7 Å². The van der Waals surface area contributed by atoms with Crippen LogP contribution in [0.1, 0.15) is 13.8 Å². The van der Waals surface area contributed by atoms with Crippen molar-refractivity contribution >= 4 is 45.0 Å². The van der Waals surface area contributed by atoms with E-state index in [1.807, 2.05) is 48.5 Å². The molecule has 1 heterocycles. The Labute approximate surface area is 187 Å². The first kappa shape index (κ1) is 23.9. The van der Waals surface area contributed by atoms with Crippen LogP contribution in [0.5, 0.6) is 11.5 Å². The first-order valence-corrected chi connectivity index (χ1v) is 10.6. The Hall–Kier alpha value is -2.35. The molecule has 0 unspecified atom stereocenters. The van der Waals surface area contributed by atoms with E-state index < -0.39 is 0 Å². The van der Waals surface area contributed by atoms with E-state index in [0.29, 0.717) is 17.4 Å². The van der Waals surface area contributed by atoms with E-state index in [2.05, 4.69) is 23.7 Å². The molecule has 0 fully saturated rings. The second-order valence-corrected chi connectivity index (χ2v) is 7.51. The minimum Gasteiger partial charge on any atom is -0.497 e. The number of para-hydroxylation sites is 1. The van der Waals surface area contributed by atoms with Gasteiger partial charge in [-0.1, -0.05) is 43.4 Å². The highest BCUT2D eigenvalue weighted by Crippen LogP contribution is 2.31. The molecule has 0 atom stereocenters. The maximum absolute atomic E-state index is 13.0. The van der Waals surface area contributed by atoms with Gasteiger partial charge in [-0.3, -0.25) is 9.69 Å². The number of thiazole rings is 1. The summed E-state index contributed by atoms with van der Waals surface area (Å²) in [5.41, 5.74) is 0.857. The number of aromatic nitrogens is 1. The molecule has 30 heavy (non-hydrogen) atoms. The number of carbonyl (C=O) groups is 1. The monoisotopic (exact) mass is 449 g/mol. The third-order valence-corrected chi connectivity index (χ3v) is 5.80. The summed E-state index contributed by atoms with van der Waals surface area (Å²) in [6.07, 6.45) is 0. The number of methoxy groups -OCH3 is 1. The Morgan fingerprint density at radius 2 is 1.77 bits per heavy atom. The first-order chi connectivity index (χ1) is 14.1. The fourth-order valence-electron chi connectivity index (χ4n) is 2.98. The number of nitrogens with zero attached hydrogens (tertiary/aromatic N) is 3. The molecule has 0 spiro atoms. The lowest BCUT2D eigenvalue weighted by Gasteiger charge is -2.24. The number of halogens is 1. The maximum Gasteiger partial charge on any atom is 0.266 e. The second-order valence-electron chi connectivity index (χ2n) is 6.50. The van der Waals surface area contributed by atoms with Crippen molar-refractivity contribution in [3.63, 3.8) is 0 Å². The van der Waals surface area contributed by atoms with Crippen molar-refractivity contribution in [2.75, 3.05) is 44.8 Å². The lowest BCUT2D eigenvalue weighted by Crippen LogP contribution is -2.41. The van der Waals surface area contributed by atoms with Crippen LogP contribution in [0.3, 0.4) is 0 Å². The number of amides is 1. The molecule has 0 N–H and O–H groups in total. The summed E-state index contributed by atoms with van der Waals surface area (Å²) in [7, 11) is 1.64. The van der Waals surface area contributed by atoms with Crippen molar-refractivity contribution in [3.8, 4) is 11.5 Å². The van der Waals surface area contributed by atoms with Crippen molar-refractivity contribution in [1.29, 1.82) is 0 Å². The van der Waals surface area contributed by atoms with Crippen LogP contribution in [0.15, 0.2) is 48.5 Å². The van der Waals surface area contributed by atoms with Crippen LogP contribution in [0.25, 0.3) is 10.2 Å². The molecule has 0 aliphatic carbocycles. The number of hydrogen-bond donors (Lipinski definition) is 0. The standard InChI is InChI=1S/C22H27N3O3S.ClH/c1-4-24(5-2)13-14-25(21(26)16-28-17-9-7-6-8-10-17)22-23-19-12-11-18(27-3)15-20(19)29-22;/h6-12,15H,4-5,13-14,16H2,1-3H3;1H. The van der Waals surface area contributed by atoms with E-state index in [0.717, 1.165) is 35.6 Å². The third-order valence-electron chi connectivity index (χ3n) is 4.76. The Balaban J connectivity index is 0.00000320. The Bertz CT molecular complexity index is 932. The minimum absolute atomic E-state index is 0. The fourth-order valence-corrected chi connectivity index (χ4v) is 4.02. The molecule has 0 aliphatic heterocycles. The molecule has 162 valence electrons. The van der Waals surface area contributed by atoms with Crippen molar-refractivity contribution in [2.45, 2.75) is 13.8 Å². The summed E-state index contributed by atoms with van der Waals surface area (Å²) >= 11 is 1.49. The fraction of sp³-hybridized carbons (Fsp3) is 0.364. The molecule has 0 aliphatic rings. The topological polar surface area (TPSA) is 54.9 Å². The summed E-state index contributed by atoms with van der Waals surface area (Å²) in [6, 6.07) is 15.1. The van der Waals surface area contributed by atoms with Gasteiger partial charge in [-0.2, -0.15) is 0 Å². The van der Waals surface area contributed by atoms with Crippen LogP contribution < -0.4 is 14.4 Å². The molecular weight excluding hydrogens is 422 g/mol. The number of rotatable bonds is 10. The van der Waals surface area contributed by atoms with Gasteiger partial charge in [0.25, 0.3) is 5.91 Å². The number of fused-ring (bicyclic) bond motifs is 1. The largest absolute Gasteiger partial charge is 0.497 e. The smallest absolute Gasteiger partial charge is 0.266 e. The summed E-state index contributed by atoms with van der Waals surface area (Å²) in [4.78, 5) is 21.7. The van der Waals surface area contributed by atoms with Crippen LogP contribution >= 0.6 is 23.7 Å². The number of likely N-dealkylation sites (N-methyl/N-ethyl adjacent to an activating group) is 1. The number of benzene rings is 2. The quantitative estimate of drug-likeness (QED) is 0.456. The molecule has 1 amide bonds. The predicted octanol–water partition coefficient (Wildman–Crippen LogP) is 4.48. The van der Waals surface area contributed by atoms with Gasteiger partial charge in [0, 0.05) is 13.1 Å². The van der Waals surface area contributed by atoms with E-state index in [4.69, 9.17) is 9.47 Å². The van der Waals surface area contributed by atoms with Crippen molar-refractivity contribution in [3.05, 3.63) is 48.5 Å². The molecule has 0 saturated carbocycles. The van der Waals surface area contributed by atoms with Crippen LogP contribution in [0.2, 0.25) is 0 Å². The highest BCUT2D eigenvalue weighted by atomic mass is 35.5. The normalized spacial score (nSPS) is 10.7. The van der Waals surface area contributed by atoms with Gasteiger partial charge < -0.3 is 14.4 Å². The lowest BCUT2D eigenvalue weighted by molar-refractivity contribution is -0.120.